The Morgan fingerprint density at radius 3 is 2.77 bits per heavy atom. The van der Waals surface area contributed by atoms with Gasteiger partial charge in [0.15, 0.2) is 39.6 Å². The first-order valence-electron chi connectivity index (χ1n) is 13.3. The second-order valence-corrected chi connectivity index (χ2v) is 11.7. The van der Waals surface area contributed by atoms with Gasteiger partial charge in [0.05, 0.1) is 25.4 Å². The van der Waals surface area contributed by atoms with Gasteiger partial charge in [0.2, 0.25) is 0 Å². The summed E-state index contributed by atoms with van der Waals surface area (Å²) in [5.74, 6) is -1.03. The number of nitrogens with zero attached hydrogens (tertiary/aromatic N) is 5. The van der Waals surface area contributed by atoms with E-state index in [9.17, 15) is 13.9 Å². The van der Waals surface area contributed by atoms with Gasteiger partial charge in [0.1, 0.15) is 12.2 Å². The molecule has 2 saturated carbocycles. The van der Waals surface area contributed by atoms with E-state index in [2.05, 4.69) is 22.6 Å². The van der Waals surface area contributed by atoms with Crippen molar-refractivity contribution < 1.29 is 28.1 Å². The summed E-state index contributed by atoms with van der Waals surface area (Å²) >= 11 is 1.55. The number of halogens is 2. The number of ether oxygens (including phenoxy) is 3. The topological polar surface area (TPSA) is 116 Å². The number of hydrogen-bond donors (Lipinski definition) is 2. The Morgan fingerprint density at radius 1 is 1.18 bits per heavy atom. The Hall–Kier alpha value is -2.45. The first-order valence-corrected chi connectivity index (χ1v) is 14.3. The number of aliphatic hydroxyl groups is 1. The van der Waals surface area contributed by atoms with Gasteiger partial charge >= 0.3 is 0 Å². The van der Waals surface area contributed by atoms with Gasteiger partial charge in [-0.1, -0.05) is 30.0 Å². The van der Waals surface area contributed by atoms with E-state index in [0.717, 1.165) is 30.2 Å². The summed E-state index contributed by atoms with van der Waals surface area (Å²) in [4.78, 5) is 9.57. The lowest BCUT2D eigenvalue weighted by Gasteiger charge is -2.23. The molecular weight excluding hydrogens is 530 g/mol. The highest BCUT2D eigenvalue weighted by atomic mass is 32.2. The number of aliphatic hydroxyl groups excluding tert-OH is 1. The van der Waals surface area contributed by atoms with Crippen molar-refractivity contribution >= 4 is 28.7 Å². The summed E-state index contributed by atoms with van der Waals surface area (Å²) in [5, 5.41) is 22.3. The van der Waals surface area contributed by atoms with Crippen LogP contribution in [0.4, 0.5) is 14.6 Å². The third kappa shape index (κ3) is 5.22. The number of hydrogen-bond acceptors (Lipinski definition) is 10. The molecule has 3 fully saturated rings. The van der Waals surface area contributed by atoms with E-state index in [1.54, 1.807) is 22.5 Å². The fraction of sp³-hybridized carbons (Fsp3) is 0.615. The van der Waals surface area contributed by atoms with Gasteiger partial charge in [0.25, 0.3) is 0 Å². The summed E-state index contributed by atoms with van der Waals surface area (Å²) < 4.78 is 47.4. The van der Waals surface area contributed by atoms with Crippen molar-refractivity contribution in [3.05, 3.63) is 35.4 Å². The average molecular weight is 563 g/mol. The smallest absolute Gasteiger partial charge is 0.191 e. The Morgan fingerprint density at radius 2 is 2.00 bits per heavy atom. The second-order valence-electron chi connectivity index (χ2n) is 10.7. The van der Waals surface area contributed by atoms with Crippen LogP contribution in [0.25, 0.3) is 11.2 Å². The van der Waals surface area contributed by atoms with Gasteiger partial charge in [-0.15, -0.1) is 5.10 Å². The highest BCUT2D eigenvalue weighted by Gasteiger charge is 2.56. The molecule has 210 valence electrons. The molecule has 10 nitrogen and oxygen atoms in total. The zero-order valence-corrected chi connectivity index (χ0v) is 22.8. The Kier molecular flexibility index (Phi) is 7.21. The number of aromatic nitrogens is 5. The lowest BCUT2D eigenvalue weighted by atomic mass is 10.1. The first kappa shape index (κ1) is 26.8. The normalized spacial score (nSPS) is 29.2. The molecule has 13 heteroatoms. The molecule has 2 aliphatic carbocycles. The molecule has 0 bridgehead atoms. The van der Waals surface area contributed by atoms with Gasteiger partial charge in [-0.25, -0.2) is 23.4 Å². The standard InChI is InChI=1S/C26H32F2N6O4S/c1-4-9-39-25-30-23(29-17-11-14(17)13-5-6-15(27)16(28)10-13)20-24(31-25)34(33-32-20)18-12-19(36-8-7-35)22-21(18)37-26(2,3)38-22/h5-6,10,14,17-19,21-22,35H,4,7-9,11-12H2,1-3H3,(H,29,30,31)/t14?,17?,18?,19-,21-,22+/m0/s1. The van der Waals surface area contributed by atoms with Crippen LogP contribution in [0.1, 0.15) is 57.6 Å². The van der Waals surface area contributed by atoms with Crippen LogP contribution in [0.2, 0.25) is 0 Å². The third-order valence-electron chi connectivity index (χ3n) is 7.34. The molecule has 0 spiro atoms. The molecule has 3 heterocycles. The molecule has 0 radical (unpaired) electrons. The highest BCUT2D eigenvalue weighted by Crippen LogP contribution is 2.46. The maximum absolute atomic E-state index is 13.8. The lowest BCUT2D eigenvalue weighted by Crippen LogP contribution is -2.31. The van der Waals surface area contributed by atoms with Gasteiger partial charge in [-0.05, 0) is 44.4 Å². The minimum absolute atomic E-state index is 0.00150. The number of benzene rings is 1. The summed E-state index contributed by atoms with van der Waals surface area (Å²) in [6.07, 6.45) is 1.38. The number of rotatable bonds is 10. The van der Waals surface area contributed by atoms with Crippen molar-refractivity contribution in [1.29, 1.82) is 0 Å². The molecule has 3 aliphatic rings. The van der Waals surface area contributed by atoms with Crippen molar-refractivity contribution in [2.75, 3.05) is 24.3 Å². The maximum atomic E-state index is 13.8. The number of thioether (sulfide) groups is 1. The second kappa shape index (κ2) is 10.5. The summed E-state index contributed by atoms with van der Waals surface area (Å²) in [5.41, 5.74) is 1.85. The van der Waals surface area contributed by atoms with Crippen LogP contribution < -0.4 is 5.32 Å². The van der Waals surface area contributed by atoms with E-state index < -0.39 is 17.4 Å². The van der Waals surface area contributed by atoms with E-state index in [1.807, 2.05) is 13.8 Å². The molecule has 3 aromatic rings. The van der Waals surface area contributed by atoms with Crippen LogP contribution in [0.3, 0.4) is 0 Å². The van der Waals surface area contributed by atoms with Crippen LogP contribution in [-0.4, -0.2) is 79.2 Å². The quantitative estimate of drug-likeness (QED) is 0.279. The van der Waals surface area contributed by atoms with Crippen LogP contribution in [-0.2, 0) is 14.2 Å². The fourth-order valence-corrected chi connectivity index (χ4v) is 6.24. The average Bonchev–Trinajstić information content (AvgIpc) is 3.24. The molecule has 1 aromatic carbocycles. The summed E-state index contributed by atoms with van der Waals surface area (Å²) in [7, 11) is 0. The Balaban J connectivity index is 1.31. The Bertz CT molecular complexity index is 1360. The largest absolute Gasteiger partial charge is 0.394 e. The minimum Gasteiger partial charge on any atom is -0.394 e. The van der Waals surface area contributed by atoms with Crippen molar-refractivity contribution in [3.8, 4) is 0 Å². The van der Waals surface area contributed by atoms with Gasteiger partial charge < -0.3 is 24.6 Å². The molecule has 39 heavy (non-hydrogen) atoms. The Labute approximate surface area is 228 Å². The van der Waals surface area contributed by atoms with Gasteiger partial charge in [0, 0.05) is 24.1 Å². The van der Waals surface area contributed by atoms with Crippen LogP contribution in [0.5, 0.6) is 0 Å². The predicted molar refractivity (Wildman–Crippen MR) is 140 cm³/mol. The SMILES string of the molecule is CCCSc1nc(NC2CC2c2ccc(F)c(F)c2)c2nnn(C3C[C@H](OCCO)[C@H]4OC(C)(C)O[C@@H]34)c2n1. The van der Waals surface area contributed by atoms with E-state index in [0.29, 0.717) is 28.6 Å². The van der Waals surface area contributed by atoms with E-state index >= 15 is 0 Å². The van der Waals surface area contributed by atoms with Crippen LogP contribution >= 0.6 is 11.8 Å². The van der Waals surface area contributed by atoms with Crippen LogP contribution in [0, 0.1) is 11.6 Å². The monoisotopic (exact) mass is 562 g/mol. The first-order chi connectivity index (χ1) is 18.8. The van der Waals surface area contributed by atoms with Gasteiger partial charge in [-0.2, -0.15) is 0 Å². The molecule has 2 N–H and O–H groups in total. The van der Waals surface area contributed by atoms with Crippen molar-refractivity contribution in [2.45, 2.75) is 87.3 Å². The highest BCUT2D eigenvalue weighted by molar-refractivity contribution is 7.99. The zero-order chi connectivity index (χ0) is 27.3. The zero-order valence-electron chi connectivity index (χ0n) is 22.0. The predicted octanol–water partition coefficient (Wildman–Crippen LogP) is 3.81. The summed E-state index contributed by atoms with van der Waals surface area (Å²) in [6, 6.07) is 3.80. The third-order valence-corrected chi connectivity index (χ3v) is 8.40. The van der Waals surface area contributed by atoms with Gasteiger partial charge in [-0.3, -0.25) is 0 Å². The number of nitrogens with one attached hydrogen (secondary N) is 1. The molecule has 6 rings (SSSR count). The van der Waals surface area contributed by atoms with Crippen molar-refractivity contribution in [3.63, 3.8) is 0 Å². The molecule has 2 aromatic heterocycles. The van der Waals surface area contributed by atoms with Crippen LogP contribution in [0.15, 0.2) is 23.4 Å². The molecular formula is C26H32F2N6O4S. The number of fused-ring (bicyclic) bond motifs is 2. The molecule has 1 saturated heterocycles. The minimum atomic E-state index is -0.853. The lowest BCUT2D eigenvalue weighted by molar-refractivity contribution is -0.171. The van der Waals surface area contributed by atoms with E-state index in [-0.39, 0.29) is 49.5 Å². The number of anilines is 1. The molecule has 0 amide bonds. The fourth-order valence-electron chi connectivity index (χ4n) is 5.55. The van der Waals surface area contributed by atoms with Crippen molar-refractivity contribution in [1.82, 2.24) is 25.0 Å². The maximum Gasteiger partial charge on any atom is 0.191 e. The molecule has 6 atom stereocenters. The van der Waals surface area contributed by atoms with E-state index in [1.165, 1.54) is 6.07 Å². The molecule has 1 aliphatic heterocycles. The van der Waals surface area contributed by atoms with E-state index in [4.69, 9.17) is 24.2 Å². The van der Waals surface area contributed by atoms with Crippen molar-refractivity contribution in [2.24, 2.45) is 0 Å². The summed E-state index contributed by atoms with van der Waals surface area (Å²) in [6.45, 7) is 5.96. The molecule has 3 unspecified atom stereocenters.